The summed E-state index contributed by atoms with van der Waals surface area (Å²) in [5.74, 6) is 0.581. The topological polar surface area (TPSA) is 40.6 Å². The smallest absolute Gasteiger partial charge is 0.239 e. The first-order valence-electron chi connectivity index (χ1n) is 6.73. The van der Waals surface area contributed by atoms with Crippen LogP contribution in [-0.2, 0) is 9.59 Å². The van der Waals surface area contributed by atoms with Crippen molar-refractivity contribution in [1.82, 2.24) is 9.80 Å². The lowest BCUT2D eigenvalue weighted by molar-refractivity contribution is -0.139. The van der Waals surface area contributed by atoms with Gasteiger partial charge in [-0.2, -0.15) is 0 Å². The first-order valence-corrected chi connectivity index (χ1v) is 6.73. The van der Waals surface area contributed by atoms with E-state index >= 15 is 0 Å². The summed E-state index contributed by atoms with van der Waals surface area (Å²) >= 11 is 0. The van der Waals surface area contributed by atoms with Gasteiger partial charge in [-0.1, -0.05) is 0 Å². The molecule has 2 aliphatic rings. The first kappa shape index (κ1) is 12.6. The number of likely N-dealkylation sites (tertiary alicyclic amines) is 2. The van der Waals surface area contributed by atoms with Crippen LogP contribution in [0, 0.1) is 0 Å². The maximum absolute atomic E-state index is 12.3. The molecule has 1 amide bonds. The number of carbonyl (C=O) groups is 2. The average Bonchev–Trinajstić information content (AvgIpc) is 2.39. The molecule has 0 radical (unpaired) electrons. The van der Waals surface area contributed by atoms with Crippen molar-refractivity contribution in [2.75, 3.05) is 26.2 Å². The van der Waals surface area contributed by atoms with E-state index in [9.17, 15) is 9.59 Å². The van der Waals surface area contributed by atoms with Gasteiger partial charge in [0.05, 0.1) is 6.04 Å². The van der Waals surface area contributed by atoms with Gasteiger partial charge in [0, 0.05) is 39.0 Å². The second kappa shape index (κ2) is 5.63. The van der Waals surface area contributed by atoms with Gasteiger partial charge < -0.3 is 4.90 Å². The van der Waals surface area contributed by atoms with Crippen LogP contribution in [0.15, 0.2) is 0 Å². The number of hydrogen-bond acceptors (Lipinski definition) is 3. The fraction of sp³-hybridized carbons (Fsp3) is 0.846. The van der Waals surface area contributed by atoms with E-state index in [0.29, 0.717) is 18.6 Å². The Hall–Kier alpha value is -0.900. The fourth-order valence-electron chi connectivity index (χ4n) is 2.70. The molecule has 0 bridgehead atoms. The number of Topliss-reactive ketones (excluding diaryl/α,β-unsaturated/α-hetero) is 1. The van der Waals surface area contributed by atoms with Gasteiger partial charge in [-0.05, 0) is 26.2 Å². The van der Waals surface area contributed by atoms with E-state index < -0.39 is 0 Å². The van der Waals surface area contributed by atoms with E-state index in [0.717, 1.165) is 39.0 Å². The highest BCUT2D eigenvalue weighted by molar-refractivity contribution is 5.83. The summed E-state index contributed by atoms with van der Waals surface area (Å²) in [6.07, 6.45) is 4.74. The molecule has 4 heteroatoms. The van der Waals surface area contributed by atoms with Crippen LogP contribution in [0.5, 0.6) is 0 Å². The van der Waals surface area contributed by atoms with E-state index in [1.165, 1.54) is 6.42 Å². The molecule has 96 valence electrons. The summed E-state index contributed by atoms with van der Waals surface area (Å²) in [6.45, 7) is 5.30. The van der Waals surface area contributed by atoms with E-state index in [2.05, 4.69) is 4.90 Å². The zero-order valence-electron chi connectivity index (χ0n) is 10.7. The monoisotopic (exact) mass is 238 g/mol. The number of amides is 1. The molecule has 0 saturated carbocycles. The molecule has 0 aromatic carbocycles. The molecule has 2 rings (SSSR count). The third-order valence-corrected chi connectivity index (χ3v) is 3.93. The number of rotatable bonds is 2. The summed E-state index contributed by atoms with van der Waals surface area (Å²) in [5.41, 5.74) is 0. The number of ketones is 1. The number of carbonyl (C=O) groups excluding carboxylic acids is 2. The standard InChI is InChI=1S/C13H22N2O2/c1-11(14-9-5-12(16)6-10-14)13(17)15-7-3-2-4-8-15/h11H,2-10H2,1H3. The molecular formula is C13H22N2O2. The lowest BCUT2D eigenvalue weighted by Crippen LogP contribution is -2.50. The second-order valence-corrected chi connectivity index (χ2v) is 5.14. The minimum absolute atomic E-state index is 0.0544. The van der Waals surface area contributed by atoms with Crippen LogP contribution in [0.4, 0.5) is 0 Å². The second-order valence-electron chi connectivity index (χ2n) is 5.14. The van der Waals surface area contributed by atoms with E-state index in [1.807, 2.05) is 11.8 Å². The van der Waals surface area contributed by atoms with Crippen LogP contribution in [0.25, 0.3) is 0 Å². The molecule has 2 aliphatic heterocycles. The van der Waals surface area contributed by atoms with Crippen LogP contribution in [0.3, 0.4) is 0 Å². The van der Waals surface area contributed by atoms with Crippen molar-refractivity contribution in [3.8, 4) is 0 Å². The first-order chi connectivity index (χ1) is 8.18. The van der Waals surface area contributed by atoms with Gasteiger partial charge in [-0.15, -0.1) is 0 Å². The highest BCUT2D eigenvalue weighted by atomic mass is 16.2. The normalized spacial score (nSPS) is 24.8. The summed E-state index contributed by atoms with van der Waals surface area (Å²) < 4.78 is 0. The molecule has 2 saturated heterocycles. The highest BCUT2D eigenvalue weighted by Gasteiger charge is 2.29. The van der Waals surface area contributed by atoms with Gasteiger partial charge in [-0.3, -0.25) is 14.5 Å². The largest absolute Gasteiger partial charge is 0.341 e. The van der Waals surface area contributed by atoms with Crippen LogP contribution in [-0.4, -0.2) is 53.7 Å². The van der Waals surface area contributed by atoms with Crippen molar-refractivity contribution < 1.29 is 9.59 Å². The Kier molecular flexibility index (Phi) is 4.15. The number of hydrogen-bond donors (Lipinski definition) is 0. The quantitative estimate of drug-likeness (QED) is 0.722. The van der Waals surface area contributed by atoms with Crippen molar-refractivity contribution in [3.05, 3.63) is 0 Å². The Morgan fingerprint density at radius 2 is 1.65 bits per heavy atom. The van der Waals surface area contributed by atoms with Gasteiger partial charge in [0.1, 0.15) is 5.78 Å². The zero-order valence-corrected chi connectivity index (χ0v) is 10.7. The molecule has 1 unspecified atom stereocenters. The third kappa shape index (κ3) is 3.06. The molecular weight excluding hydrogens is 216 g/mol. The molecule has 1 atom stereocenters. The van der Waals surface area contributed by atoms with Crippen molar-refractivity contribution in [1.29, 1.82) is 0 Å². The Labute approximate surface area is 103 Å². The van der Waals surface area contributed by atoms with Gasteiger partial charge in [0.2, 0.25) is 5.91 Å². The third-order valence-electron chi connectivity index (χ3n) is 3.93. The van der Waals surface area contributed by atoms with Crippen molar-refractivity contribution in [2.24, 2.45) is 0 Å². The summed E-state index contributed by atoms with van der Waals surface area (Å²) in [7, 11) is 0. The number of nitrogens with zero attached hydrogens (tertiary/aromatic N) is 2. The van der Waals surface area contributed by atoms with Crippen LogP contribution >= 0.6 is 0 Å². The molecule has 17 heavy (non-hydrogen) atoms. The SMILES string of the molecule is CC(C(=O)N1CCCCC1)N1CCC(=O)CC1. The Balaban J connectivity index is 1.87. The average molecular weight is 238 g/mol. The number of piperidine rings is 2. The van der Waals surface area contributed by atoms with Gasteiger partial charge in [-0.25, -0.2) is 0 Å². The molecule has 0 spiro atoms. The summed E-state index contributed by atoms with van der Waals surface area (Å²) in [4.78, 5) is 27.6. The minimum Gasteiger partial charge on any atom is -0.341 e. The highest BCUT2D eigenvalue weighted by Crippen LogP contribution is 2.15. The lowest BCUT2D eigenvalue weighted by atomic mass is 10.1. The van der Waals surface area contributed by atoms with Gasteiger partial charge in [0.15, 0.2) is 0 Å². The molecule has 2 heterocycles. The minimum atomic E-state index is -0.0544. The predicted molar refractivity (Wildman–Crippen MR) is 65.7 cm³/mol. The zero-order chi connectivity index (χ0) is 12.3. The molecule has 0 aromatic heterocycles. The van der Waals surface area contributed by atoms with Crippen molar-refractivity contribution >= 4 is 11.7 Å². The van der Waals surface area contributed by atoms with E-state index in [-0.39, 0.29) is 11.9 Å². The maximum Gasteiger partial charge on any atom is 0.239 e. The van der Waals surface area contributed by atoms with E-state index in [4.69, 9.17) is 0 Å². The molecule has 0 aliphatic carbocycles. The molecule has 0 N–H and O–H groups in total. The van der Waals surface area contributed by atoms with Crippen LogP contribution in [0.2, 0.25) is 0 Å². The molecule has 4 nitrogen and oxygen atoms in total. The fourth-order valence-corrected chi connectivity index (χ4v) is 2.70. The van der Waals surface area contributed by atoms with Gasteiger partial charge in [0.25, 0.3) is 0 Å². The van der Waals surface area contributed by atoms with Crippen LogP contribution in [0.1, 0.15) is 39.0 Å². The maximum atomic E-state index is 12.3. The Morgan fingerprint density at radius 1 is 1.06 bits per heavy atom. The van der Waals surface area contributed by atoms with Crippen molar-refractivity contribution in [2.45, 2.75) is 45.1 Å². The Morgan fingerprint density at radius 3 is 2.24 bits per heavy atom. The molecule has 0 aromatic rings. The van der Waals surface area contributed by atoms with Crippen LogP contribution < -0.4 is 0 Å². The summed E-state index contributed by atoms with van der Waals surface area (Å²) in [6, 6.07) is -0.0544. The van der Waals surface area contributed by atoms with Gasteiger partial charge >= 0.3 is 0 Å². The summed E-state index contributed by atoms with van der Waals surface area (Å²) in [5, 5.41) is 0. The Bertz CT molecular complexity index is 288. The molecule has 2 fully saturated rings. The van der Waals surface area contributed by atoms with Crippen molar-refractivity contribution in [3.63, 3.8) is 0 Å². The van der Waals surface area contributed by atoms with E-state index in [1.54, 1.807) is 0 Å². The predicted octanol–water partition coefficient (Wildman–Crippen LogP) is 1.05. The lowest BCUT2D eigenvalue weighted by Gasteiger charge is -2.35.